The molecule has 0 unspecified atom stereocenters. The Morgan fingerprint density at radius 2 is 1.74 bits per heavy atom. The molecule has 6 heteroatoms. The number of unbranched alkanes of at least 4 members (excludes halogenated alkanes) is 1. The predicted octanol–water partition coefficient (Wildman–Crippen LogP) is 7.55. The minimum atomic E-state index is -1.42. The molecular weight excluding hydrogens is 408 g/mol. The molecule has 0 radical (unpaired) electrons. The van der Waals surface area contributed by atoms with Crippen molar-refractivity contribution in [3.05, 3.63) is 81.1 Å². The van der Waals surface area contributed by atoms with Crippen molar-refractivity contribution in [2.24, 2.45) is 0 Å². The number of halogens is 4. The summed E-state index contributed by atoms with van der Waals surface area (Å²) in [5.74, 6) is -5.01. The third-order valence-corrected chi connectivity index (χ3v) is 5.71. The highest BCUT2D eigenvalue weighted by molar-refractivity contribution is 5.86. The van der Waals surface area contributed by atoms with E-state index in [2.05, 4.69) is 0 Å². The van der Waals surface area contributed by atoms with Gasteiger partial charge in [-0.3, -0.25) is 0 Å². The first-order chi connectivity index (χ1) is 14.8. The number of ether oxygens (including phenoxy) is 1. The van der Waals surface area contributed by atoms with Crippen molar-refractivity contribution in [3.8, 4) is 5.75 Å². The molecule has 0 amide bonds. The predicted molar refractivity (Wildman–Crippen MR) is 113 cm³/mol. The summed E-state index contributed by atoms with van der Waals surface area (Å²) in [6.07, 6.45) is 4.29. The van der Waals surface area contributed by atoms with Crippen LogP contribution in [-0.2, 0) is 0 Å². The number of allylic oxidation sites excluding steroid dienone is 2. The van der Waals surface area contributed by atoms with E-state index in [1.54, 1.807) is 6.92 Å². The van der Waals surface area contributed by atoms with Crippen LogP contribution in [0, 0.1) is 30.2 Å². The lowest BCUT2D eigenvalue weighted by atomic mass is 9.83. The molecule has 1 saturated carbocycles. The molecule has 0 atom stereocenters. The minimum Gasteiger partial charge on any atom is -0.508 e. The number of hydrogen-bond acceptors (Lipinski definition) is 2. The van der Waals surface area contributed by atoms with E-state index >= 15 is 4.39 Å². The first kappa shape index (κ1) is 22.9. The van der Waals surface area contributed by atoms with Gasteiger partial charge in [-0.2, -0.15) is 4.39 Å². The summed E-state index contributed by atoms with van der Waals surface area (Å²) >= 11 is 0. The molecule has 31 heavy (non-hydrogen) atoms. The molecule has 2 aromatic carbocycles. The maximum Gasteiger partial charge on any atom is 0.203 e. The largest absolute Gasteiger partial charge is 0.508 e. The molecule has 0 aromatic heterocycles. The highest BCUT2D eigenvalue weighted by atomic mass is 19.2. The summed E-state index contributed by atoms with van der Waals surface area (Å²) in [6, 6.07) is 4.76. The molecule has 0 heterocycles. The van der Waals surface area contributed by atoms with Crippen molar-refractivity contribution >= 4 is 5.57 Å². The van der Waals surface area contributed by atoms with Crippen LogP contribution in [-0.4, -0.2) is 12.2 Å². The second-order valence-corrected chi connectivity index (χ2v) is 7.79. The summed E-state index contributed by atoms with van der Waals surface area (Å²) in [4.78, 5) is 0. The highest BCUT2D eigenvalue weighted by Gasteiger charge is 2.27. The number of methoxy groups -OCH3 is 1. The van der Waals surface area contributed by atoms with E-state index in [-0.39, 0.29) is 16.9 Å². The molecule has 0 saturated heterocycles. The lowest BCUT2D eigenvalue weighted by molar-refractivity contribution is 0.346. The van der Waals surface area contributed by atoms with Gasteiger partial charge < -0.3 is 9.84 Å². The van der Waals surface area contributed by atoms with Crippen molar-refractivity contribution in [3.63, 3.8) is 0 Å². The zero-order valence-electron chi connectivity index (χ0n) is 17.9. The third kappa shape index (κ3) is 4.48. The van der Waals surface area contributed by atoms with Gasteiger partial charge in [0.25, 0.3) is 0 Å². The van der Waals surface area contributed by atoms with Gasteiger partial charge in [-0.15, -0.1) is 0 Å². The molecular formula is C25H26F4O2. The molecule has 0 spiro atoms. The number of aliphatic hydroxyl groups is 1. The standard InChI is InChI=1S/C25H26F4O2/c1-4-5-9-18(24(30)15-7-6-8-15)21(17-11-10-16(26)12-14(17)2)19-13-20(27)23(29)25(31-3)22(19)28/h10-13,30H,4-9H2,1-3H3/b21-18-. The molecule has 0 aliphatic heterocycles. The Kier molecular flexibility index (Phi) is 7.08. The van der Waals surface area contributed by atoms with Gasteiger partial charge in [0, 0.05) is 11.1 Å². The van der Waals surface area contributed by atoms with Gasteiger partial charge in [-0.25, -0.2) is 13.2 Å². The van der Waals surface area contributed by atoms with Gasteiger partial charge in [-0.05, 0) is 79.5 Å². The monoisotopic (exact) mass is 434 g/mol. The van der Waals surface area contributed by atoms with Crippen LogP contribution in [0.3, 0.4) is 0 Å². The molecule has 0 bridgehead atoms. The smallest absolute Gasteiger partial charge is 0.203 e. The first-order valence-electron chi connectivity index (χ1n) is 10.4. The third-order valence-electron chi connectivity index (χ3n) is 5.71. The normalized spacial score (nSPS) is 14.2. The van der Waals surface area contributed by atoms with Crippen LogP contribution in [0.15, 0.2) is 41.2 Å². The quantitative estimate of drug-likeness (QED) is 0.277. The zero-order chi connectivity index (χ0) is 22.7. The molecule has 1 N–H and O–H groups in total. The Morgan fingerprint density at radius 1 is 1.03 bits per heavy atom. The summed E-state index contributed by atoms with van der Waals surface area (Å²) in [5.41, 5.74) is 2.20. The van der Waals surface area contributed by atoms with E-state index in [4.69, 9.17) is 4.74 Å². The fourth-order valence-corrected chi connectivity index (χ4v) is 3.84. The molecule has 2 nitrogen and oxygen atoms in total. The van der Waals surface area contributed by atoms with Crippen LogP contribution in [0.5, 0.6) is 5.75 Å². The van der Waals surface area contributed by atoms with Crippen LogP contribution in [0.1, 0.15) is 62.1 Å². The summed E-state index contributed by atoms with van der Waals surface area (Å²) in [5, 5.41) is 11.1. The number of hydrogen-bond donors (Lipinski definition) is 1. The number of benzene rings is 2. The van der Waals surface area contributed by atoms with Gasteiger partial charge in [-0.1, -0.05) is 19.4 Å². The average Bonchev–Trinajstić information content (AvgIpc) is 2.68. The van der Waals surface area contributed by atoms with Crippen LogP contribution in [0.4, 0.5) is 17.6 Å². The lowest BCUT2D eigenvalue weighted by Crippen LogP contribution is -2.09. The molecule has 3 rings (SSSR count). The maximum absolute atomic E-state index is 15.4. The molecule has 166 valence electrons. The van der Waals surface area contributed by atoms with Crippen LogP contribution in [0.2, 0.25) is 0 Å². The summed E-state index contributed by atoms with van der Waals surface area (Å²) in [6.45, 7) is 3.63. The second kappa shape index (κ2) is 9.58. The Bertz CT molecular complexity index is 1050. The Balaban J connectivity index is 2.42. The van der Waals surface area contributed by atoms with Crippen molar-refractivity contribution in [1.29, 1.82) is 0 Å². The van der Waals surface area contributed by atoms with Crippen LogP contribution < -0.4 is 4.74 Å². The fourth-order valence-electron chi connectivity index (χ4n) is 3.84. The van der Waals surface area contributed by atoms with E-state index in [0.29, 0.717) is 29.5 Å². The minimum absolute atomic E-state index is 0.0570. The SMILES string of the molecule is CCCC/C(C(O)=C1CCC1)=C(\c1ccc(F)cc1C)c1cc(F)c(F)c(OC)c1F. The second-order valence-electron chi connectivity index (χ2n) is 7.79. The van der Waals surface area contributed by atoms with Crippen molar-refractivity contribution in [1.82, 2.24) is 0 Å². The molecule has 2 aromatic rings. The van der Waals surface area contributed by atoms with Gasteiger partial charge in [0.15, 0.2) is 17.4 Å². The van der Waals surface area contributed by atoms with Crippen LogP contribution >= 0.6 is 0 Å². The lowest BCUT2D eigenvalue weighted by Gasteiger charge is -2.24. The molecule has 1 aliphatic rings. The van der Waals surface area contributed by atoms with E-state index in [9.17, 15) is 18.3 Å². The van der Waals surface area contributed by atoms with E-state index < -0.39 is 29.0 Å². The topological polar surface area (TPSA) is 29.5 Å². The summed E-state index contributed by atoms with van der Waals surface area (Å²) in [7, 11) is 1.06. The average molecular weight is 434 g/mol. The highest BCUT2D eigenvalue weighted by Crippen LogP contribution is 2.41. The first-order valence-corrected chi connectivity index (χ1v) is 10.4. The van der Waals surface area contributed by atoms with Crippen molar-refractivity contribution in [2.45, 2.75) is 52.4 Å². The van der Waals surface area contributed by atoms with Gasteiger partial charge in [0.2, 0.25) is 5.82 Å². The number of aryl methyl sites for hydroxylation is 1. The van der Waals surface area contributed by atoms with E-state index in [1.165, 1.54) is 18.2 Å². The van der Waals surface area contributed by atoms with Crippen molar-refractivity contribution < 1.29 is 27.4 Å². The number of rotatable bonds is 7. The van der Waals surface area contributed by atoms with Crippen LogP contribution in [0.25, 0.3) is 5.57 Å². The van der Waals surface area contributed by atoms with E-state index in [0.717, 1.165) is 44.4 Å². The molecule has 1 aliphatic carbocycles. The maximum atomic E-state index is 15.4. The van der Waals surface area contributed by atoms with Gasteiger partial charge in [0.1, 0.15) is 11.6 Å². The van der Waals surface area contributed by atoms with Gasteiger partial charge >= 0.3 is 0 Å². The summed E-state index contributed by atoms with van der Waals surface area (Å²) < 4.78 is 62.5. The molecule has 1 fully saturated rings. The van der Waals surface area contributed by atoms with Crippen molar-refractivity contribution in [2.75, 3.05) is 7.11 Å². The van der Waals surface area contributed by atoms with Gasteiger partial charge in [0.05, 0.1) is 7.11 Å². The Morgan fingerprint density at radius 3 is 2.29 bits per heavy atom. The fraction of sp³-hybridized carbons (Fsp3) is 0.360. The number of aliphatic hydroxyl groups excluding tert-OH is 1. The Labute approximate surface area is 179 Å². The zero-order valence-corrected chi connectivity index (χ0v) is 17.9. The Hall–Kier alpha value is -2.76. The van der Waals surface area contributed by atoms with E-state index in [1.807, 2.05) is 6.92 Å².